The van der Waals surface area contributed by atoms with Crippen molar-refractivity contribution in [3.05, 3.63) is 17.1 Å². The van der Waals surface area contributed by atoms with Gasteiger partial charge in [-0.15, -0.1) is 0 Å². The van der Waals surface area contributed by atoms with Crippen LogP contribution in [0.5, 0.6) is 0 Å². The largest absolute Gasteiger partial charge is 0.370 e. The average molecular weight is 276 g/mol. The Morgan fingerprint density at radius 3 is 2.50 bits per heavy atom. The molecule has 0 aromatic carbocycles. The van der Waals surface area contributed by atoms with Crippen molar-refractivity contribution in [2.24, 2.45) is 5.84 Å². The van der Waals surface area contributed by atoms with Crippen molar-refractivity contribution < 1.29 is 4.74 Å². The highest BCUT2D eigenvalue weighted by atomic mass is 16.5. The summed E-state index contributed by atoms with van der Waals surface area (Å²) in [6.07, 6.45) is 10.1. The number of hydrazine groups is 1. The third-order valence-electron chi connectivity index (χ3n) is 4.78. The van der Waals surface area contributed by atoms with Crippen LogP contribution >= 0.6 is 0 Å². The summed E-state index contributed by atoms with van der Waals surface area (Å²) in [5.41, 5.74) is 4.86. The van der Waals surface area contributed by atoms with Crippen LogP contribution in [0.25, 0.3) is 0 Å². The molecule has 2 aliphatic carbocycles. The number of nitrogens with two attached hydrogens (primary N) is 1. The maximum atomic E-state index is 5.81. The summed E-state index contributed by atoms with van der Waals surface area (Å²) in [7, 11) is 1.77. The van der Waals surface area contributed by atoms with Crippen molar-refractivity contribution in [2.75, 3.05) is 12.5 Å². The van der Waals surface area contributed by atoms with Crippen molar-refractivity contribution in [3.8, 4) is 0 Å². The number of aryl methyl sites for hydroxylation is 1. The van der Waals surface area contributed by atoms with Gasteiger partial charge in [-0.3, -0.25) is 0 Å². The van der Waals surface area contributed by atoms with Crippen LogP contribution in [-0.4, -0.2) is 17.1 Å². The number of anilines is 1. The number of rotatable bonds is 3. The second-order valence-corrected chi connectivity index (χ2v) is 5.93. The zero-order valence-electron chi connectivity index (χ0n) is 12.2. The van der Waals surface area contributed by atoms with E-state index in [1.165, 1.54) is 43.4 Å². The number of ether oxygens (including phenoxy) is 1. The fourth-order valence-corrected chi connectivity index (χ4v) is 3.56. The Balaban J connectivity index is 2.06. The molecule has 5 heteroatoms. The minimum absolute atomic E-state index is 0.299. The normalized spacial score (nSPS) is 21.3. The van der Waals surface area contributed by atoms with Crippen LogP contribution in [0.2, 0.25) is 0 Å². The van der Waals surface area contributed by atoms with Gasteiger partial charge in [-0.2, -0.15) is 0 Å². The van der Waals surface area contributed by atoms with E-state index in [0.717, 1.165) is 37.3 Å². The number of hydrogen-bond donors (Lipinski definition) is 2. The summed E-state index contributed by atoms with van der Waals surface area (Å²) in [5.74, 6) is 7.32. The monoisotopic (exact) mass is 276 g/mol. The first-order valence-electron chi connectivity index (χ1n) is 7.71. The summed E-state index contributed by atoms with van der Waals surface area (Å²) in [6.45, 7) is 0. The lowest BCUT2D eigenvalue weighted by Crippen LogP contribution is -2.29. The van der Waals surface area contributed by atoms with Crippen LogP contribution < -0.4 is 11.3 Å². The third kappa shape index (κ3) is 2.29. The van der Waals surface area contributed by atoms with E-state index < -0.39 is 0 Å². The lowest BCUT2D eigenvalue weighted by molar-refractivity contribution is -0.0163. The number of nitrogens with zero attached hydrogens (tertiary/aromatic N) is 2. The maximum Gasteiger partial charge on any atom is 0.162 e. The molecule has 1 aromatic rings. The summed E-state index contributed by atoms with van der Waals surface area (Å²) < 4.78 is 5.81. The van der Waals surface area contributed by atoms with Gasteiger partial charge in [-0.25, -0.2) is 15.8 Å². The van der Waals surface area contributed by atoms with Crippen molar-refractivity contribution in [1.82, 2.24) is 9.97 Å². The minimum atomic E-state index is -0.299. The molecule has 1 heterocycles. The summed E-state index contributed by atoms with van der Waals surface area (Å²) >= 11 is 0. The van der Waals surface area contributed by atoms with Gasteiger partial charge in [0.25, 0.3) is 0 Å². The number of fused-ring (bicyclic) bond motifs is 1. The van der Waals surface area contributed by atoms with E-state index in [4.69, 9.17) is 20.5 Å². The molecule has 0 atom stereocenters. The molecule has 0 bridgehead atoms. The third-order valence-corrected chi connectivity index (χ3v) is 4.78. The predicted octanol–water partition coefficient (Wildman–Crippen LogP) is 2.45. The van der Waals surface area contributed by atoms with Crippen LogP contribution in [0.3, 0.4) is 0 Å². The summed E-state index contributed by atoms with van der Waals surface area (Å²) in [5, 5.41) is 0. The zero-order chi connectivity index (χ0) is 14.0. The SMILES string of the molecule is COC1(c2nc3c(c(NN)n2)CCCCC3)CCCC1. The molecular formula is C15H24N4O. The molecule has 3 N–H and O–H groups in total. The molecular weight excluding hydrogens is 252 g/mol. The molecule has 5 nitrogen and oxygen atoms in total. The van der Waals surface area contributed by atoms with Crippen molar-refractivity contribution in [1.29, 1.82) is 0 Å². The number of nitrogen functional groups attached to an aromatic ring is 1. The molecule has 0 aliphatic heterocycles. The Bertz CT molecular complexity index is 483. The second-order valence-electron chi connectivity index (χ2n) is 5.93. The molecule has 110 valence electrons. The van der Waals surface area contributed by atoms with Gasteiger partial charge in [0.2, 0.25) is 0 Å². The van der Waals surface area contributed by atoms with Crippen LogP contribution in [0, 0.1) is 0 Å². The van der Waals surface area contributed by atoms with Gasteiger partial charge in [-0.05, 0) is 51.4 Å². The fourth-order valence-electron chi connectivity index (χ4n) is 3.56. The molecule has 0 radical (unpaired) electrons. The number of methoxy groups -OCH3 is 1. The molecule has 1 saturated carbocycles. The standard InChI is InChI=1S/C15H24N4O/c1-20-15(9-5-6-10-15)14-17-12-8-4-2-3-7-11(12)13(18-14)19-16/h2-10,16H2,1H3,(H,17,18,19). The number of aromatic nitrogens is 2. The van der Waals surface area contributed by atoms with Crippen molar-refractivity contribution in [3.63, 3.8) is 0 Å². The lowest BCUT2D eigenvalue weighted by Gasteiger charge is -2.27. The molecule has 1 fully saturated rings. The van der Waals surface area contributed by atoms with Gasteiger partial charge in [0.1, 0.15) is 11.4 Å². The van der Waals surface area contributed by atoms with E-state index in [0.29, 0.717) is 0 Å². The smallest absolute Gasteiger partial charge is 0.162 e. The quantitative estimate of drug-likeness (QED) is 0.504. The molecule has 0 amide bonds. The van der Waals surface area contributed by atoms with Crippen molar-refractivity contribution >= 4 is 5.82 Å². The molecule has 2 aliphatic rings. The van der Waals surface area contributed by atoms with Crippen LogP contribution in [0.4, 0.5) is 5.82 Å². The molecule has 20 heavy (non-hydrogen) atoms. The zero-order valence-corrected chi connectivity index (χ0v) is 12.2. The van der Waals surface area contributed by atoms with Crippen LogP contribution in [0.15, 0.2) is 0 Å². The molecule has 0 saturated heterocycles. The Morgan fingerprint density at radius 1 is 1.05 bits per heavy atom. The summed E-state index contributed by atoms with van der Waals surface area (Å²) in [6, 6.07) is 0. The Morgan fingerprint density at radius 2 is 1.80 bits per heavy atom. The Labute approximate surface area is 120 Å². The first-order valence-corrected chi connectivity index (χ1v) is 7.71. The Hall–Kier alpha value is -1.20. The first kappa shape index (κ1) is 13.8. The van der Waals surface area contributed by atoms with Gasteiger partial charge >= 0.3 is 0 Å². The van der Waals surface area contributed by atoms with Crippen molar-refractivity contribution in [2.45, 2.75) is 63.4 Å². The lowest BCUT2D eigenvalue weighted by atomic mass is 10.00. The van der Waals surface area contributed by atoms with E-state index in [1.807, 2.05) is 0 Å². The van der Waals surface area contributed by atoms with E-state index in [-0.39, 0.29) is 5.60 Å². The second kappa shape index (κ2) is 5.66. The highest BCUT2D eigenvalue weighted by Gasteiger charge is 2.39. The van der Waals surface area contributed by atoms with Gasteiger partial charge in [0.05, 0.1) is 0 Å². The first-order chi connectivity index (χ1) is 9.79. The number of nitrogens with one attached hydrogen (secondary N) is 1. The topological polar surface area (TPSA) is 73.1 Å². The van der Waals surface area contributed by atoms with Gasteiger partial charge in [0.15, 0.2) is 5.82 Å². The van der Waals surface area contributed by atoms with E-state index in [9.17, 15) is 0 Å². The molecule has 1 aromatic heterocycles. The van der Waals surface area contributed by atoms with Gasteiger partial charge in [-0.1, -0.05) is 6.42 Å². The molecule has 3 rings (SSSR count). The highest BCUT2D eigenvalue weighted by Crippen LogP contribution is 2.41. The van der Waals surface area contributed by atoms with E-state index in [1.54, 1.807) is 7.11 Å². The predicted molar refractivity (Wildman–Crippen MR) is 78.3 cm³/mol. The fraction of sp³-hybridized carbons (Fsp3) is 0.733. The van der Waals surface area contributed by atoms with E-state index >= 15 is 0 Å². The van der Waals surface area contributed by atoms with E-state index in [2.05, 4.69) is 5.43 Å². The molecule has 0 unspecified atom stereocenters. The minimum Gasteiger partial charge on any atom is -0.370 e. The summed E-state index contributed by atoms with van der Waals surface area (Å²) in [4.78, 5) is 9.57. The van der Waals surface area contributed by atoms with Gasteiger partial charge < -0.3 is 10.2 Å². The number of hydrogen-bond acceptors (Lipinski definition) is 5. The molecule has 0 spiro atoms. The van der Waals surface area contributed by atoms with Crippen LogP contribution in [-0.2, 0) is 23.2 Å². The Kier molecular flexibility index (Phi) is 3.89. The van der Waals surface area contributed by atoms with Gasteiger partial charge in [0, 0.05) is 18.4 Å². The highest BCUT2D eigenvalue weighted by molar-refractivity contribution is 5.47. The average Bonchev–Trinajstić information content (AvgIpc) is 2.85. The maximum absolute atomic E-state index is 5.81. The van der Waals surface area contributed by atoms with Crippen LogP contribution in [0.1, 0.15) is 62.0 Å².